The van der Waals surface area contributed by atoms with Gasteiger partial charge in [0.2, 0.25) is 5.95 Å². The van der Waals surface area contributed by atoms with Crippen LogP contribution in [0.25, 0.3) is 22.2 Å². The van der Waals surface area contributed by atoms with Gasteiger partial charge in [-0.25, -0.2) is 14.8 Å². The van der Waals surface area contributed by atoms with Crippen molar-refractivity contribution in [2.75, 3.05) is 57.3 Å². The van der Waals surface area contributed by atoms with Crippen LogP contribution in [-0.2, 0) is 7.05 Å². The maximum atomic E-state index is 12.3. The molecule has 0 aliphatic rings. The summed E-state index contributed by atoms with van der Waals surface area (Å²) in [5.41, 5.74) is 11.4. The molecule has 0 spiro atoms. The van der Waals surface area contributed by atoms with Crippen LogP contribution in [-0.4, -0.2) is 71.9 Å². The molecule has 214 valence electrons. The third-order valence-corrected chi connectivity index (χ3v) is 7.13. The number of ether oxygens (including phenoxy) is 1. The number of aryl methyl sites for hydroxylation is 1. The molecule has 0 unspecified atom stereocenters. The zero-order valence-corrected chi connectivity index (χ0v) is 24.5. The Morgan fingerprint density at radius 2 is 1.93 bits per heavy atom. The Hall–Kier alpha value is -4.82. The van der Waals surface area contributed by atoms with Crippen molar-refractivity contribution >= 4 is 39.9 Å². The van der Waals surface area contributed by atoms with Gasteiger partial charge in [-0.1, -0.05) is 13.8 Å². The van der Waals surface area contributed by atoms with E-state index in [1.165, 1.54) is 6.20 Å². The number of nitrogens with one attached hydrogen (secondary N) is 1. The summed E-state index contributed by atoms with van der Waals surface area (Å²) >= 11 is 0. The summed E-state index contributed by atoms with van der Waals surface area (Å²) in [5, 5.41) is 23.6. The minimum atomic E-state index is -1.15. The molecule has 41 heavy (non-hydrogen) atoms. The molecule has 11 nitrogen and oxygen atoms in total. The molecule has 0 bridgehead atoms. The van der Waals surface area contributed by atoms with Gasteiger partial charge < -0.3 is 35.3 Å². The Morgan fingerprint density at radius 3 is 2.54 bits per heavy atom. The number of benzene rings is 2. The largest absolute Gasteiger partial charge is 0.494 e. The second-order valence-electron chi connectivity index (χ2n) is 10.6. The number of nitrogen functional groups attached to an aromatic ring is 1. The highest BCUT2D eigenvalue weighted by atomic mass is 16.5. The number of likely N-dealkylation sites (N-methyl/N-ethyl adjacent to an activating group) is 2. The molecule has 0 aliphatic carbocycles. The first-order valence-electron chi connectivity index (χ1n) is 13.2. The number of nitrogens with zero attached hydrogens (tertiary/aromatic N) is 6. The number of nitrogens with two attached hydrogens (primary N) is 1. The molecule has 0 aliphatic heterocycles. The normalized spacial score (nSPS) is 11.2. The van der Waals surface area contributed by atoms with Crippen LogP contribution >= 0.6 is 0 Å². The van der Waals surface area contributed by atoms with Gasteiger partial charge in [0.1, 0.15) is 23.1 Å². The first-order valence-corrected chi connectivity index (χ1v) is 13.2. The Balaban J connectivity index is 1.83. The van der Waals surface area contributed by atoms with Crippen molar-refractivity contribution in [2.24, 2.45) is 7.05 Å². The van der Waals surface area contributed by atoms with Gasteiger partial charge in [-0.3, -0.25) is 0 Å². The highest BCUT2D eigenvalue weighted by molar-refractivity contribution is 6.03. The number of carbonyl (C=O) groups is 1. The van der Waals surface area contributed by atoms with E-state index in [4.69, 9.17) is 10.5 Å². The molecule has 0 saturated heterocycles. The van der Waals surface area contributed by atoms with Gasteiger partial charge in [-0.05, 0) is 49.8 Å². The van der Waals surface area contributed by atoms with Crippen LogP contribution in [0.15, 0.2) is 36.5 Å². The number of aromatic nitrogens is 3. The number of nitriles is 1. The fraction of sp³-hybridized carbons (Fsp3) is 0.333. The number of carboxylic acids is 1. The molecule has 0 atom stereocenters. The number of hydrogen-bond donors (Lipinski definition) is 3. The quantitative estimate of drug-likeness (QED) is 0.236. The third kappa shape index (κ3) is 5.88. The summed E-state index contributed by atoms with van der Waals surface area (Å²) in [6.45, 7) is 5.74. The third-order valence-electron chi connectivity index (χ3n) is 7.13. The van der Waals surface area contributed by atoms with Crippen LogP contribution in [0.1, 0.15) is 41.4 Å². The van der Waals surface area contributed by atoms with Crippen LogP contribution in [0.3, 0.4) is 0 Å². The standard InChI is InChI=1S/C30H36N8O3/c1-17(2)18-10-21(20-12-19(15-31)38(6)25(20)11-18)28-22(29(39)40)16-33-30(35-28)34-24-13-23(32)26(14-27(24)41-7)37(5)9-8-36(3)4/h10-14,16-17H,8-9,32H2,1-7H3,(H,39,40)(H,33,34,35). The first kappa shape index (κ1) is 29.2. The number of fused-ring (bicyclic) bond motifs is 1. The zero-order valence-electron chi connectivity index (χ0n) is 24.5. The second-order valence-corrected chi connectivity index (χ2v) is 10.6. The number of carboxylic acid groups (broad SMARTS) is 1. The van der Waals surface area contributed by atoms with Gasteiger partial charge in [0.05, 0.1) is 29.9 Å². The molecule has 2 heterocycles. The summed E-state index contributed by atoms with van der Waals surface area (Å²) in [4.78, 5) is 25.4. The Bertz CT molecular complexity index is 1650. The number of rotatable bonds is 10. The summed E-state index contributed by atoms with van der Waals surface area (Å²) in [7, 11) is 9.38. The molecular formula is C30H36N8O3. The maximum absolute atomic E-state index is 12.3. The molecule has 0 radical (unpaired) electrons. The molecule has 0 saturated carbocycles. The molecule has 11 heteroatoms. The minimum absolute atomic E-state index is 0.0514. The lowest BCUT2D eigenvalue weighted by Gasteiger charge is -2.24. The van der Waals surface area contributed by atoms with Crippen LogP contribution in [0.5, 0.6) is 5.75 Å². The van der Waals surface area contributed by atoms with E-state index in [9.17, 15) is 15.2 Å². The highest BCUT2D eigenvalue weighted by Gasteiger charge is 2.22. The van der Waals surface area contributed by atoms with E-state index in [2.05, 4.69) is 45.0 Å². The van der Waals surface area contributed by atoms with Crippen molar-refractivity contribution in [2.45, 2.75) is 19.8 Å². The van der Waals surface area contributed by atoms with E-state index in [0.717, 1.165) is 35.2 Å². The number of aromatic carboxylic acids is 1. The molecule has 4 aromatic rings. The van der Waals surface area contributed by atoms with Crippen LogP contribution in [0.4, 0.5) is 23.0 Å². The van der Waals surface area contributed by atoms with Crippen molar-refractivity contribution in [3.63, 3.8) is 0 Å². The Labute approximate surface area is 239 Å². The van der Waals surface area contributed by atoms with Gasteiger partial charge in [0.15, 0.2) is 0 Å². The Morgan fingerprint density at radius 1 is 1.20 bits per heavy atom. The van der Waals surface area contributed by atoms with Crippen LogP contribution < -0.4 is 20.7 Å². The van der Waals surface area contributed by atoms with Gasteiger partial charge in [0.25, 0.3) is 0 Å². The predicted molar refractivity (Wildman–Crippen MR) is 162 cm³/mol. The van der Waals surface area contributed by atoms with Gasteiger partial charge in [-0.15, -0.1) is 0 Å². The van der Waals surface area contributed by atoms with Crippen molar-refractivity contribution in [3.8, 4) is 23.1 Å². The molecule has 0 amide bonds. The average Bonchev–Trinajstić information content (AvgIpc) is 3.26. The minimum Gasteiger partial charge on any atom is -0.494 e. The summed E-state index contributed by atoms with van der Waals surface area (Å²) in [6, 6.07) is 11.5. The van der Waals surface area contributed by atoms with E-state index in [-0.39, 0.29) is 23.1 Å². The highest BCUT2D eigenvalue weighted by Crippen LogP contribution is 2.38. The molecule has 0 fully saturated rings. The lowest BCUT2D eigenvalue weighted by atomic mass is 9.95. The number of methoxy groups -OCH3 is 1. The first-order chi connectivity index (χ1) is 19.4. The number of hydrogen-bond acceptors (Lipinski definition) is 9. The van der Waals surface area contributed by atoms with Gasteiger partial charge in [0, 0.05) is 55.9 Å². The van der Waals surface area contributed by atoms with Crippen molar-refractivity contribution in [1.29, 1.82) is 5.26 Å². The maximum Gasteiger partial charge on any atom is 0.339 e. The molecule has 4 rings (SSSR count). The van der Waals surface area contributed by atoms with Gasteiger partial charge in [-0.2, -0.15) is 5.26 Å². The molecular weight excluding hydrogens is 520 g/mol. The van der Waals surface area contributed by atoms with E-state index in [1.807, 2.05) is 46.4 Å². The van der Waals surface area contributed by atoms with Crippen molar-refractivity contribution in [1.82, 2.24) is 19.4 Å². The van der Waals surface area contributed by atoms with E-state index in [1.54, 1.807) is 23.8 Å². The van der Waals surface area contributed by atoms with E-state index < -0.39 is 5.97 Å². The topological polar surface area (TPSA) is 146 Å². The Kier molecular flexibility index (Phi) is 8.35. The second kappa shape index (κ2) is 11.7. The lowest BCUT2D eigenvalue weighted by Crippen LogP contribution is -2.29. The molecule has 2 aromatic carbocycles. The van der Waals surface area contributed by atoms with Crippen molar-refractivity contribution in [3.05, 3.63) is 53.3 Å². The molecule has 2 aromatic heterocycles. The van der Waals surface area contributed by atoms with Gasteiger partial charge >= 0.3 is 5.97 Å². The summed E-state index contributed by atoms with van der Waals surface area (Å²) < 4.78 is 7.46. The monoisotopic (exact) mass is 556 g/mol. The molecule has 4 N–H and O–H groups in total. The smallest absolute Gasteiger partial charge is 0.339 e. The lowest BCUT2D eigenvalue weighted by molar-refractivity contribution is 0.0697. The fourth-order valence-electron chi connectivity index (χ4n) is 4.67. The fourth-order valence-corrected chi connectivity index (χ4v) is 4.67. The average molecular weight is 557 g/mol. The summed E-state index contributed by atoms with van der Waals surface area (Å²) in [6.07, 6.45) is 1.29. The van der Waals surface area contributed by atoms with Crippen LogP contribution in [0.2, 0.25) is 0 Å². The van der Waals surface area contributed by atoms with E-state index >= 15 is 0 Å². The number of anilines is 4. The zero-order chi connectivity index (χ0) is 30.0. The predicted octanol–water partition coefficient (Wildman–Crippen LogP) is 4.66. The van der Waals surface area contributed by atoms with Crippen LogP contribution in [0, 0.1) is 11.3 Å². The summed E-state index contributed by atoms with van der Waals surface area (Å²) in [5.74, 6) is -0.286. The van der Waals surface area contributed by atoms with Crippen molar-refractivity contribution < 1.29 is 14.6 Å². The SMILES string of the molecule is COc1cc(N(C)CCN(C)C)c(N)cc1Nc1ncc(C(=O)O)c(-c2cc(C(C)C)cc3c2cc(C#N)n3C)n1. The van der Waals surface area contributed by atoms with E-state index in [0.29, 0.717) is 28.4 Å².